The Bertz CT molecular complexity index is 1020. The third-order valence-electron chi connectivity index (χ3n) is 4.59. The zero-order valence-electron chi connectivity index (χ0n) is 16.0. The van der Waals surface area contributed by atoms with Crippen LogP contribution in [0.5, 0.6) is 11.5 Å². The van der Waals surface area contributed by atoms with Crippen LogP contribution in [-0.4, -0.2) is 37.3 Å². The minimum Gasteiger partial charge on any atom is -0.497 e. The van der Waals surface area contributed by atoms with Gasteiger partial charge in [0.15, 0.2) is 0 Å². The van der Waals surface area contributed by atoms with E-state index >= 15 is 0 Å². The molecule has 1 aromatic heterocycles. The van der Waals surface area contributed by atoms with Crippen molar-refractivity contribution in [2.75, 3.05) is 21.3 Å². The Balaban J connectivity index is 2.04. The van der Waals surface area contributed by atoms with Crippen molar-refractivity contribution in [1.82, 2.24) is 9.97 Å². The average Bonchev–Trinajstić information content (AvgIpc) is 3.15. The number of aromatic nitrogens is 2. The highest BCUT2D eigenvalue weighted by atomic mass is 16.5. The molecule has 0 aliphatic heterocycles. The summed E-state index contributed by atoms with van der Waals surface area (Å²) in [5.74, 6) is 0.960. The summed E-state index contributed by atoms with van der Waals surface area (Å²) in [5.41, 5.74) is 2.99. The number of benzene rings is 2. The minimum absolute atomic E-state index is 0.00871. The molecule has 0 fully saturated rings. The summed E-state index contributed by atoms with van der Waals surface area (Å²) in [4.78, 5) is 20.2. The first-order chi connectivity index (χ1) is 13.6. The molecule has 3 rings (SSSR count). The molecule has 0 amide bonds. The van der Waals surface area contributed by atoms with Crippen LogP contribution in [0.3, 0.4) is 0 Å². The predicted octanol–water partition coefficient (Wildman–Crippen LogP) is 3.34. The third-order valence-corrected chi connectivity index (χ3v) is 4.59. The molecular formula is C21H21N3O4. The van der Waals surface area contributed by atoms with Gasteiger partial charge in [-0.25, -0.2) is 4.98 Å². The van der Waals surface area contributed by atoms with Crippen molar-refractivity contribution >= 4 is 17.0 Å². The molecule has 1 atom stereocenters. The summed E-state index contributed by atoms with van der Waals surface area (Å²) in [5, 5.41) is 9.14. The van der Waals surface area contributed by atoms with Gasteiger partial charge in [0.2, 0.25) is 0 Å². The Hall–Kier alpha value is -3.53. The van der Waals surface area contributed by atoms with Crippen LogP contribution in [0.4, 0.5) is 0 Å². The van der Waals surface area contributed by atoms with Crippen LogP contribution in [-0.2, 0) is 16.0 Å². The Kier molecular flexibility index (Phi) is 5.80. The largest absolute Gasteiger partial charge is 0.497 e. The SMILES string of the molecule is COC(=O)C(CC#N)c1ccc(OC)c2[nH]c(Cc3ccc(OC)cc3)nc12. The van der Waals surface area contributed by atoms with Crippen LogP contribution in [0, 0.1) is 11.3 Å². The van der Waals surface area contributed by atoms with Crippen molar-refractivity contribution in [2.24, 2.45) is 0 Å². The van der Waals surface area contributed by atoms with E-state index in [1.54, 1.807) is 26.4 Å². The Morgan fingerprint density at radius 1 is 1.14 bits per heavy atom. The van der Waals surface area contributed by atoms with E-state index in [4.69, 9.17) is 24.5 Å². The van der Waals surface area contributed by atoms with Gasteiger partial charge >= 0.3 is 5.97 Å². The second kappa shape index (κ2) is 8.44. The predicted molar refractivity (Wildman–Crippen MR) is 103 cm³/mol. The molecule has 7 heteroatoms. The van der Waals surface area contributed by atoms with Crippen molar-refractivity contribution in [1.29, 1.82) is 5.26 Å². The standard InChI is InChI=1S/C21H21N3O4/c1-26-14-6-4-13(5-7-14)12-18-23-19-15(16(10-11-22)21(25)28-3)8-9-17(27-2)20(19)24-18/h4-9,16H,10,12H2,1-3H3,(H,23,24). The molecule has 0 aliphatic carbocycles. The highest BCUT2D eigenvalue weighted by Crippen LogP contribution is 2.33. The van der Waals surface area contributed by atoms with Crippen molar-refractivity contribution in [2.45, 2.75) is 18.8 Å². The minimum atomic E-state index is -0.708. The van der Waals surface area contributed by atoms with Gasteiger partial charge in [0.1, 0.15) is 22.8 Å². The molecule has 3 aromatic rings. The van der Waals surface area contributed by atoms with Gasteiger partial charge in [-0.1, -0.05) is 18.2 Å². The van der Waals surface area contributed by atoms with E-state index in [9.17, 15) is 4.79 Å². The van der Waals surface area contributed by atoms with E-state index in [1.807, 2.05) is 24.3 Å². The summed E-state index contributed by atoms with van der Waals surface area (Å²) in [6.45, 7) is 0. The fraction of sp³-hybridized carbons (Fsp3) is 0.286. The average molecular weight is 379 g/mol. The third kappa shape index (κ3) is 3.76. The number of hydrogen-bond acceptors (Lipinski definition) is 6. The molecule has 1 N–H and O–H groups in total. The lowest BCUT2D eigenvalue weighted by atomic mass is 9.95. The van der Waals surface area contributed by atoms with E-state index < -0.39 is 11.9 Å². The summed E-state index contributed by atoms with van der Waals surface area (Å²) in [6, 6.07) is 13.3. The maximum absolute atomic E-state index is 12.2. The molecule has 28 heavy (non-hydrogen) atoms. The maximum atomic E-state index is 12.2. The van der Waals surface area contributed by atoms with Gasteiger partial charge in [-0.2, -0.15) is 5.26 Å². The van der Waals surface area contributed by atoms with Crippen molar-refractivity contribution < 1.29 is 19.0 Å². The molecular weight excluding hydrogens is 358 g/mol. The van der Waals surface area contributed by atoms with Crippen molar-refractivity contribution in [3.8, 4) is 17.6 Å². The molecule has 0 radical (unpaired) electrons. The van der Waals surface area contributed by atoms with E-state index in [1.165, 1.54) is 7.11 Å². The smallest absolute Gasteiger partial charge is 0.314 e. The number of rotatable bonds is 7. The number of aromatic amines is 1. The van der Waals surface area contributed by atoms with Gasteiger partial charge < -0.3 is 19.2 Å². The van der Waals surface area contributed by atoms with Crippen molar-refractivity contribution in [3.05, 3.63) is 53.3 Å². The fourth-order valence-electron chi connectivity index (χ4n) is 3.16. The number of hydrogen-bond donors (Lipinski definition) is 1. The van der Waals surface area contributed by atoms with Crippen LogP contribution < -0.4 is 9.47 Å². The van der Waals surface area contributed by atoms with Gasteiger partial charge in [-0.3, -0.25) is 4.79 Å². The topological polar surface area (TPSA) is 97.2 Å². The molecule has 144 valence electrons. The van der Waals surface area contributed by atoms with Gasteiger partial charge in [-0.05, 0) is 29.3 Å². The molecule has 0 saturated heterocycles. The molecule has 0 bridgehead atoms. The zero-order chi connectivity index (χ0) is 20.1. The van der Waals surface area contributed by atoms with Crippen LogP contribution in [0.25, 0.3) is 11.0 Å². The number of methoxy groups -OCH3 is 3. The van der Waals surface area contributed by atoms with Crippen LogP contribution in [0.15, 0.2) is 36.4 Å². The van der Waals surface area contributed by atoms with Gasteiger partial charge in [-0.15, -0.1) is 0 Å². The highest BCUT2D eigenvalue weighted by Gasteiger charge is 2.26. The summed E-state index contributed by atoms with van der Waals surface area (Å²) < 4.78 is 15.5. The first-order valence-corrected chi connectivity index (χ1v) is 8.74. The molecule has 0 saturated carbocycles. The molecule has 2 aromatic carbocycles. The second-order valence-corrected chi connectivity index (χ2v) is 6.23. The van der Waals surface area contributed by atoms with Gasteiger partial charge in [0.05, 0.1) is 45.3 Å². The Morgan fingerprint density at radius 2 is 1.89 bits per heavy atom. The number of nitrogens with one attached hydrogen (secondary N) is 1. The normalized spacial score (nSPS) is 11.6. The number of esters is 1. The molecule has 0 spiro atoms. The van der Waals surface area contributed by atoms with Crippen molar-refractivity contribution in [3.63, 3.8) is 0 Å². The molecule has 1 unspecified atom stereocenters. The molecule has 0 aliphatic rings. The number of carbonyl (C=O) groups excluding carboxylic acids is 1. The number of nitrogens with zero attached hydrogens (tertiary/aromatic N) is 2. The first kappa shape index (κ1) is 19.2. The van der Waals surface area contributed by atoms with Crippen LogP contribution in [0.2, 0.25) is 0 Å². The quantitative estimate of drug-likeness (QED) is 0.632. The lowest BCUT2D eigenvalue weighted by Crippen LogP contribution is -2.14. The summed E-state index contributed by atoms with van der Waals surface area (Å²) in [7, 11) is 4.51. The number of fused-ring (bicyclic) bond motifs is 1. The van der Waals surface area contributed by atoms with Crippen LogP contribution in [0.1, 0.15) is 29.3 Å². The maximum Gasteiger partial charge on any atom is 0.314 e. The number of H-pyrrole nitrogens is 1. The van der Waals surface area contributed by atoms with Gasteiger partial charge in [0.25, 0.3) is 0 Å². The first-order valence-electron chi connectivity index (χ1n) is 8.74. The monoisotopic (exact) mass is 379 g/mol. The van der Waals surface area contributed by atoms with E-state index in [0.717, 1.165) is 17.1 Å². The fourth-order valence-corrected chi connectivity index (χ4v) is 3.16. The Morgan fingerprint density at radius 3 is 2.50 bits per heavy atom. The number of nitriles is 1. The Labute approximate surface area is 162 Å². The number of imidazole rings is 1. The van der Waals surface area contributed by atoms with E-state index in [-0.39, 0.29) is 6.42 Å². The number of ether oxygens (including phenoxy) is 3. The lowest BCUT2D eigenvalue weighted by molar-refractivity contribution is -0.142. The summed E-state index contributed by atoms with van der Waals surface area (Å²) >= 11 is 0. The van der Waals surface area contributed by atoms with Gasteiger partial charge in [0, 0.05) is 6.42 Å². The van der Waals surface area contributed by atoms with E-state index in [0.29, 0.717) is 28.8 Å². The second-order valence-electron chi connectivity index (χ2n) is 6.23. The lowest BCUT2D eigenvalue weighted by Gasteiger charge is -2.13. The highest BCUT2D eigenvalue weighted by molar-refractivity contribution is 5.90. The molecule has 1 heterocycles. The zero-order valence-corrected chi connectivity index (χ0v) is 16.0. The summed E-state index contributed by atoms with van der Waals surface area (Å²) in [6.07, 6.45) is 0.581. The molecule has 7 nitrogen and oxygen atoms in total. The van der Waals surface area contributed by atoms with Crippen LogP contribution >= 0.6 is 0 Å². The number of carbonyl (C=O) groups is 1. The van der Waals surface area contributed by atoms with E-state index in [2.05, 4.69) is 11.1 Å².